The van der Waals surface area contributed by atoms with Gasteiger partial charge in [-0.25, -0.2) is 4.98 Å². The van der Waals surface area contributed by atoms with Crippen LogP contribution in [0.3, 0.4) is 0 Å². The van der Waals surface area contributed by atoms with Crippen LogP contribution in [-0.2, 0) is 20.0 Å². The van der Waals surface area contributed by atoms with Crippen molar-refractivity contribution in [1.82, 2.24) is 24.6 Å². The highest BCUT2D eigenvalue weighted by molar-refractivity contribution is 5.28. The summed E-state index contributed by atoms with van der Waals surface area (Å²) in [5.74, 6) is 0. The third-order valence-corrected chi connectivity index (χ3v) is 3.19. The summed E-state index contributed by atoms with van der Waals surface area (Å²) in [5.41, 5.74) is 3.38. The van der Waals surface area contributed by atoms with Crippen molar-refractivity contribution in [2.75, 3.05) is 7.05 Å². The lowest BCUT2D eigenvalue weighted by Gasteiger charge is -2.13. The molecular formula is C13H21N5. The van der Waals surface area contributed by atoms with Crippen molar-refractivity contribution < 1.29 is 0 Å². The average molecular weight is 247 g/mol. The third kappa shape index (κ3) is 2.31. The minimum Gasteiger partial charge on any atom is -0.337 e. The minimum absolute atomic E-state index is 0.112. The number of hydrogen-bond donors (Lipinski definition) is 1. The maximum atomic E-state index is 4.49. The van der Waals surface area contributed by atoms with E-state index in [0.717, 1.165) is 24.4 Å². The third-order valence-electron chi connectivity index (χ3n) is 3.19. The zero-order chi connectivity index (χ0) is 13.1. The smallest absolute Gasteiger partial charge is 0.0950 e. The molecule has 0 saturated carbocycles. The lowest BCUT2D eigenvalue weighted by Crippen LogP contribution is -2.19. The van der Waals surface area contributed by atoms with Gasteiger partial charge in [-0.1, -0.05) is 6.92 Å². The molecule has 2 aromatic rings. The van der Waals surface area contributed by atoms with Crippen molar-refractivity contribution in [2.24, 2.45) is 7.05 Å². The number of aromatic nitrogens is 4. The SMILES string of the molecule is CCc1nn(C)cc1C(NC)c1cn(CC)cn1. The second-order valence-corrected chi connectivity index (χ2v) is 4.41. The molecule has 2 rings (SSSR count). The Bertz CT molecular complexity index is 511. The molecule has 0 bridgehead atoms. The van der Waals surface area contributed by atoms with E-state index in [1.165, 1.54) is 5.56 Å². The highest BCUT2D eigenvalue weighted by Crippen LogP contribution is 2.23. The van der Waals surface area contributed by atoms with Gasteiger partial charge < -0.3 is 9.88 Å². The molecule has 2 aromatic heterocycles. The van der Waals surface area contributed by atoms with Gasteiger partial charge in [0.1, 0.15) is 0 Å². The Kier molecular flexibility index (Phi) is 3.81. The van der Waals surface area contributed by atoms with Gasteiger partial charge in [-0.15, -0.1) is 0 Å². The van der Waals surface area contributed by atoms with Gasteiger partial charge in [0.05, 0.1) is 23.8 Å². The molecule has 0 aliphatic rings. The van der Waals surface area contributed by atoms with E-state index >= 15 is 0 Å². The van der Waals surface area contributed by atoms with Crippen LogP contribution < -0.4 is 5.32 Å². The number of nitrogens with one attached hydrogen (secondary N) is 1. The quantitative estimate of drug-likeness (QED) is 0.871. The molecule has 18 heavy (non-hydrogen) atoms. The first kappa shape index (κ1) is 12.8. The van der Waals surface area contributed by atoms with Gasteiger partial charge in [0.2, 0.25) is 0 Å². The Labute approximate surface area is 108 Å². The summed E-state index contributed by atoms with van der Waals surface area (Å²) < 4.78 is 3.96. The first-order chi connectivity index (χ1) is 8.69. The van der Waals surface area contributed by atoms with Gasteiger partial charge >= 0.3 is 0 Å². The van der Waals surface area contributed by atoms with E-state index in [1.807, 2.05) is 25.1 Å². The summed E-state index contributed by atoms with van der Waals surface area (Å²) in [6, 6.07) is 0.112. The molecule has 0 spiro atoms. The molecule has 5 heteroatoms. The average Bonchev–Trinajstić information content (AvgIpc) is 2.97. The molecule has 5 nitrogen and oxygen atoms in total. The lowest BCUT2D eigenvalue weighted by atomic mass is 10.0. The van der Waals surface area contributed by atoms with Crippen LogP contribution in [-0.4, -0.2) is 26.4 Å². The van der Waals surface area contributed by atoms with Crippen LogP contribution in [0.15, 0.2) is 18.7 Å². The normalized spacial score (nSPS) is 12.9. The zero-order valence-corrected chi connectivity index (χ0v) is 11.5. The van der Waals surface area contributed by atoms with Crippen LogP contribution in [0.5, 0.6) is 0 Å². The van der Waals surface area contributed by atoms with E-state index in [1.54, 1.807) is 0 Å². The van der Waals surface area contributed by atoms with Gasteiger partial charge in [-0.05, 0) is 20.4 Å². The highest BCUT2D eigenvalue weighted by atomic mass is 15.3. The molecule has 0 radical (unpaired) electrons. The minimum atomic E-state index is 0.112. The Morgan fingerprint density at radius 1 is 1.33 bits per heavy atom. The molecule has 0 fully saturated rings. The van der Waals surface area contributed by atoms with E-state index in [2.05, 4.69) is 46.2 Å². The number of hydrogen-bond acceptors (Lipinski definition) is 3. The van der Waals surface area contributed by atoms with Crippen LogP contribution in [0.1, 0.15) is 36.8 Å². The van der Waals surface area contributed by atoms with Gasteiger partial charge in [0, 0.05) is 31.5 Å². The molecule has 0 aliphatic carbocycles. The van der Waals surface area contributed by atoms with Crippen molar-refractivity contribution in [3.63, 3.8) is 0 Å². The summed E-state index contributed by atoms with van der Waals surface area (Å²) in [7, 11) is 3.92. The summed E-state index contributed by atoms with van der Waals surface area (Å²) in [6.45, 7) is 5.18. The monoisotopic (exact) mass is 247 g/mol. The zero-order valence-electron chi connectivity index (χ0n) is 11.5. The second-order valence-electron chi connectivity index (χ2n) is 4.41. The number of rotatable bonds is 5. The fourth-order valence-corrected chi connectivity index (χ4v) is 2.23. The maximum Gasteiger partial charge on any atom is 0.0950 e. The standard InChI is InChI=1S/C13H21N5/c1-5-11-10(7-17(4)16-11)13(14-3)12-8-18(6-2)9-15-12/h7-9,13-14H,5-6H2,1-4H3. The van der Waals surface area contributed by atoms with E-state index in [0.29, 0.717) is 0 Å². The van der Waals surface area contributed by atoms with Gasteiger partial charge in [0.25, 0.3) is 0 Å². The molecule has 0 aliphatic heterocycles. The van der Waals surface area contributed by atoms with E-state index < -0.39 is 0 Å². The van der Waals surface area contributed by atoms with Crippen molar-refractivity contribution in [1.29, 1.82) is 0 Å². The topological polar surface area (TPSA) is 47.7 Å². The molecular weight excluding hydrogens is 226 g/mol. The number of aryl methyl sites for hydroxylation is 3. The second kappa shape index (κ2) is 5.35. The number of nitrogens with zero attached hydrogens (tertiary/aromatic N) is 4. The van der Waals surface area contributed by atoms with Crippen LogP contribution in [0.25, 0.3) is 0 Å². The summed E-state index contributed by atoms with van der Waals surface area (Å²) in [6.07, 6.45) is 6.98. The summed E-state index contributed by atoms with van der Waals surface area (Å²) in [4.78, 5) is 4.48. The van der Waals surface area contributed by atoms with Gasteiger partial charge in [-0.3, -0.25) is 4.68 Å². The Morgan fingerprint density at radius 3 is 2.67 bits per heavy atom. The Balaban J connectivity index is 2.37. The summed E-state index contributed by atoms with van der Waals surface area (Å²) >= 11 is 0. The van der Waals surface area contributed by atoms with E-state index in [4.69, 9.17) is 0 Å². The molecule has 1 N–H and O–H groups in total. The Hall–Kier alpha value is -1.62. The number of imidazole rings is 1. The predicted molar refractivity (Wildman–Crippen MR) is 71.4 cm³/mol. The van der Waals surface area contributed by atoms with Crippen LogP contribution in [0.4, 0.5) is 0 Å². The summed E-state index contributed by atoms with van der Waals surface area (Å²) in [5, 5.41) is 7.82. The highest BCUT2D eigenvalue weighted by Gasteiger charge is 2.20. The largest absolute Gasteiger partial charge is 0.337 e. The van der Waals surface area contributed by atoms with Crippen LogP contribution >= 0.6 is 0 Å². The molecule has 0 aromatic carbocycles. The lowest BCUT2D eigenvalue weighted by molar-refractivity contribution is 0.665. The molecule has 98 valence electrons. The predicted octanol–water partition coefficient (Wildman–Crippen LogP) is 1.51. The van der Waals surface area contributed by atoms with Crippen molar-refractivity contribution >= 4 is 0 Å². The van der Waals surface area contributed by atoms with Crippen molar-refractivity contribution in [3.05, 3.63) is 35.7 Å². The van der Waals surface area contributed by atoms with E-state index in [9.17, 15) is 0 Å². The van der Waals surface area contributed by atoms with Crippen LogP contribution in [0.2, 0.25) is 0 Å². The van der Waals surface area contributed by atoms with Gasteiger partial charge in [0.15, 0.2) is 0 Å². The first-order valence-electron chi connectivity index (χ1n) is 6.40. The molecule has 1 atom stereocenters. The maximum absolute atomic E-state index is 4.49. The Morgan fingerprint density at radius 2 is 2.11 bits per heavy atom. The fourth-order valence-electron chi connectivity index (χ4n) is 2.23. The first-order valence-corrected chi connectivity index (χ1v) is 6.40. The fraction of sp³-hybridized carbons (Fsp3) is 0.538. The van der Waals surface area contributed by atoms with Crippen molar-refractivity contribution in [3.8, 4) is 0 Å². The van der Waals surface area contributed by atoms with E-state index in [-0.39, 0.29) is 6.04 Å². The van der Waals surface area contributed by atoms with Gasteiger partial charge in [-0.2, -0.15) is 5.10 Å². The van der Waals surface area contributed by atoms with Crippen LogP contribution in [0, 0.1) is 0 Å². The molecule has 2 heterocycles. The molecule has 1 unspecified atom stereocenters. The van der Waals surface area contributed by atoms with Crippen molar-refractivity contribution in [2.45, 2.75) is 32.9 Å². The molecule has 0 amide bonds. The molecule has 0 saturated heterocycles.